The van der Waals surface area contributed by atoms with Crippen LogP contribution in [0.2, 0.25) is 0 Å². The molecule has 0 aliphatic carbocycles. The summed E-state index contributed by atoms with van der Waals surface area (Å²) >= 11 is 0. The van der Waals surface area contributed by atoms with Gasteiger partial charge in [0.05, 0.1) is 26.5 Å². The molecule has 0 fully saturated rings. The number of aliphatic hydroxyl groups is 1. The average Bonchev–Trinajstić information content (AvgIpc) is 2.74. The quantitative estimate of drug-likeness (QED) is 0.919. The number of rotatable bonds is 4. The molecule has 0 unspecified atom stereocenters. The molecule has 0 saturated heterocycles. The second kappa shape index (κ2) is 5.36. The number of benzene rings is 1. The third-order valence-corrected chi connectivity index (χ3v) is 3.49. The van der Waals surface area contributed by atoms with Crippen LogP contribution < -0.4 is 9.47 Å². The topological polar surface area (TPSA) is 43.6 Å². The number of ether oxygens (including phenoxy) is 2. The van der Waals surface area contributed by atoms with Crippen LogP contribution in [0.5, 0.6) is 11.5 Å². The minimum atomic E-state index is 0.0337. The minimum Gasteiger partial charge on any atom is -0.497 e. The smallest absolute Gasteiger partial charge is 0.128 e. The molecule has 102 valence electrons. The summed E-state index contributed by atoms with van der Waals surface area (Å²) in [6.45, 7) is 2.02. The summed E-state index contributed by atoms with van der Waals surface area (Å²) in [6, 6.07) is 7.67. The molecule has 0 saturated carbocycles. The van der Waals surface area contributed by atoms with Crippen LogP contribution in [0, 0.1) is 6.92 Å². The van der Waals surface area contributed by atoms with E-state index in [4.69, 9.17) is 9.47 Å². The molecule has 0 amide bonds. The predicted molar refractivity (Wildman–Crippen MR) is 74.6 cm³/mol. The molecule has 0 aliphatic heterocycles. The highest BCUT2D eigenvalue weighted by molar-refractivity contribution is 5.71. The van der Waals surface area contributed by atoms with Crippen molar-refractivity contribution >= 4 is 0 Å². The van der Waals surface area contributed by atoms with Crippen LogP contribution >= 0.6 is 0 Å². The lowest BCUT2D eigenvalue weighted by Gasteiger charge is -2.12. The third-order valence-electron chi connectivity index (χ3n) is 3.49. The Labute approximate surface area is 113 Å². The van der Waals surface area contributed by atoms with Gasteiger partial charge in [0.15, 0.2) is 0 Å². The predicted octanol–water partition coefficient (Wildman–Crippen LogP) is 2.51. The van der Waals surface area contributed by atoms with Crippen LogP contribution in [0.1, 0.15) is 11.3 Å². The minimum absolute atomic E-state index is 0.0337. The van der Waals surface area contributed by atoms with Gasteiger partial charge < -0.3 is 19.1 Å². The molecular weight excluding hydrogens is 242 g/mol. The average molecular weight is 261 g/mol. The highest BCUT2D eigenvalue weighted by Gasteiger charge is 2.14. The Morgan fingerprint density at radius 1 is 1.16 bits per heavy atom. The Bertz CT molecular complexity index is 587. The molecule has 4 heteroatoms. The van der Waals surface area contributed by atoms with Crippen LogP contribution in [0.25, 0.3) is 11.3 Å². The molecule has 2 rings (SSSR count). The molecule has 1 aromatic carbocycles. The van der Waals surface area contributed by atoms with E-state index in [1.165, 1.54) is 0 Å². The number of hydrogen-bond donors (Lipinski definition) is 1. The molecule has 1 aromatic heterocycles. The first-order chi connectivity index (χ1) is 9.12. The van der Waals surface area contributed by atoms with Gasteiger partial charge in [-0.15, -0.1) is 0 Å². The summed E-state index contributed by atoms with van der Waals surface area (Å²) < 4.78 is 12.7. The standard InChI is InChI=1S/C15H19NO3/c1-10-11(9-17)7-14(16(10)2)13-8-12(18-3)5-6-15(13)19-4/h5-8,17H,9H2,1-4H3. The monoisotopic (exact) mass is 261 g/mol. The Morgan fingerprint density at radius 3 is 2.42 bits per heavy atom. The van der Waals surface area contributed by atoms with E-state index in [0.717, 1.165) is 34.0 Å². The summed E-state index contributed by atoms with van der Waals surface area (Å²) in [7, 11) is 5.26. The van der Waals surface area contributed by atoms with Gasteiger partial charge in [-0.1, -0.05) is 0 Å². The Kier molecular flexibility index (Phi) is 3.81. The van der Waals surface area contributed by atoms with Crippen molar-refractivity contribution in [3.8, 4) is 22.8 Å². The number of methoxy groups -OCH3 is 2. The second-order valence-electron chi connectivity index (χ2n) is 4.42. The van der Waals surface area contributed by atoms with Gasteiger partial charge >= 0.3 is 0 Å². The van der Waals surface area contributed by atoms with Crippen LogP contribution in [0.15, 0.2) is 24.3 Å². The SMILES string of the molecule is COc1ccc(OC)c(-c2cc(CO)c(C)n2C)c1. The van der Waals surface area contributed by atoms with E-state index < -0.39 is 0 Å². The van der Waals surface area contributed by atoms with Crippen LogP contribution in [0.4, 0.5) is 0 Å². The van der Waals surface area contributed by atoms with Crippen LogP contribution in [-0.2, 0) is 13.7 Å². The molecule has 1 N–H and O–H groups in total. The first kappa shape index (κ1) is 13.5. The van der Waals surface area contributed by atoms with Gasteiger partial charge in [0.25, 0.3) is 0 Å². The van der Waals surface area contributed by atoms with E-state index in [1.54, 1.807) is 14.2 Å². The molecule has 0 aliphatic rings. The maximum absolute atomic E-state index is 9.36. The summed E-state index contributed by atoms with van der Waals surface area (Å²) in [5.41, 5.74) is 3.91. The van der Waals surface area contributed by atoms with E-state index in [-0.39, 0.29) is 6.61 Å². The van der Waals surface area contributed by atoms with Gasteiger partial charge in [0.2, 0.25) is 0 Å². The molecule has 1 heterocycles. The molecule has 0 bridgehead atoms. The number of aromatic nitrogens is 1. The van der Waals surface area contributed by atoms with Gasteiger partial charge in [0.1, 0.15) is 11.5 Å². The van der Waals surface area contributed by atoms with E-state index in [2.05, 4.69) is 0 Å². The fraction of sp³-hybridized carbons (Fsp3) is 0.333. The lowest BCUT2D eigenvalue weighted by atomic mass is 10.1. The van der Waals surface area contributed by atoms with Crippen molar-refractivity contribution < 1.29 is 14.6 Å². The second-order valence-corrected chi connectivity index (χ2v) is 4.42. The molecule has 19 heavy (non-hydrogen) atoms. The zero-order valence-electron chi connectivity index (χ0n) is 11.7. The van der Waals surface area contributed by atoms with E-state index in [9.17, 15) is 5.11 Å². The van der Waals surface area contributed by atoms with Gasteiger partial charge in [-0.05, 0) is 36.8 Å². The van der Waals surface area contributed by atoms with Gasteiger partial charge in [-0.3, -0.25) is 0 Å². The molecular formula is C15H19NO3. The van der Waals surface area contributed by atoms with E-state index >= 15 is 0 Å². The normalized spacial score (nSPS) is 10.6. The van der Waals surface area contributed by atoms with Crippen molar-refractivity contribution in [3.05, 3.63) is 35.5 Å². The van der Waals surface area contributed by atoms with E-state index in [0.29, 0.717) is 0 Å². The van der Waals surface area contributed by atoms with Crippen molar-refractivity contribution in [2.24, 2.45) is 7.05 Å². The molecule has 2 aromatic rings. The lowest BCUT2D eigenvalue weighted by Crippen LogP contribution is -1.97. The molecule has 0 atom stereocenters. The Morgan fingerprint density at radius 2 is 1.89 bits per heavy atom. The van der Waals surface area contributed by atoms with Crippen LogP contribution in [-0.4, -0.2) is 23.9 Å². The number of nitrogens with zero attached hydrogens (tertiary/aromatic N) is 1. The first-order valence-electron chi connectivity index (χ1n) is 6.10. The fourth-order valence-corrected chi connectivity index (χ4v) is 2.20. The maximum Gasteiger partial charge on any atom is 0.128 e. The molecule has 4 nitrogen and oxygen atoms in total. The third kappa shape index (κ3) is 2.31. The Hall–Kier alpha value is -1.94. The summed E-state index contributed by atoms with van der Waals surface area (Å²) in [4.78, 5) is 0. The van der Waals surface area contributed by atoms with E-state index in [1.807, 2.05) is 42.8 Å². The summed E-state index contributed by atoms with van der Waals surface area (Å²) in [5.74, 6) is 1.56. The number of hydrogen-bond acceptors (Lipinski definition) is 3. The highest BCUT2D eigenvalue weighted by atomic mass is 16.5. The zero-order valence-corrected chi connectivity index (χ0v) is 11.7. The highest BCUT2D eigenvalue weighted by Crippen LogP contribution is 2.35. The molecule has 0 radical (unpaired) electrons. The number of aliphatic hydroxyl groups excluding tert-OH is 1. The van der Waals surface area contributed by atoms with Gasteiger partial charge in [0, 0.05) is 18.3 Å². The summed E-state index contributed by atoms with van der Waals surface area (Å²) in [5, 5.41) is 9.36. The lowest BCUT2D eigenvalue weighted by molar-refractivity contribution is 0.281. The van der Waals surface area contributed by atoms with Crippen molar-refractivity contribution in [1.29, 1.82) is 0 Å². The van der Waals surface area contributed by atoms with Crippen molar-refractivity contribution in [3.63, 3.8) is 0 Å². The van der Waals surface area contributed by atoms with Gasteiger partial charge in [-0.25, -0.2) is 0 Å². The largest absolute Gasteiger partial charge is 0.497 e. The van der Waals surface area contributed by atoms with Crippen molar-refractivity contribution in [1.82, 2.24) is 4.57 Å². The zero-order chi connectivity index (χ0) is 14.0. The van der Waals surface area contributed by atoms with Crippen molar-refractivity contribution in [2.45, 2.75) is 13.5 Å². The fourth-order valence-electron chi connectivity index (χ4n) is 2.20. The summed E-state index contributed by atoms with van der Waals surface area (Å²) in [6.07, 6.45) is 0. The first-order valence-corrected chi connectivity index (χ1v) is 6.10. The Balaban J connectivity index is 2.63. The van der Waals surface area contributed by atoms with Crippen LogP contribution in [0.3, 0.4) is 0 Å². The maximum atomic E-state index is 9.36. The molecule has 0 spiro atoms. The van der Waals surface area contributed by atoms with Crippen molar-refractivity contribution in [2.75, 3.05) is 14.2 Å². The van der Waals surface area contributed by atoms with Gasteiger partial charge in [-0.2, -0.15) is 0 Å².